The molecule has 1 fully saturated rings. The number of nitrogens with one attached hydrogen (secondary N) is 2. The minimum atomic E-state index is -0.448. The molecule has 2 rings (SSSR count). The largest absolute Gasteiger partial charge is 0.457 e. The summed E-state index contributed by atoms with van der Waals surface area (Å²) in [5.41, 5.74) is 0.548. The second-order valence-electron chi connectivity index (χ2n) is 5.25. The average molecular weight is 323 g/mol. The first-order valence-electron chi connectivity index (χ1n) is 7.43. The summed E-state index contributed by atoms with van der Waals surface area (Å²) in [4.78, 5) is 28.4. The van der Waals surface area contributed by atoms with Gasteiger partial charge in [0.25, 0.3) is 0 Å². The average Bonchev–Trinajstić information content (AvgIpc) is 2.86. The van der Waals surface area contributed by atoms with Gasteiger partial charge in [-0.05, 0) is 19.8 Å². The predicted molar refractivity (Wildman–Crippen MR) is 86.4 cm³/mol. The van der Waals surface area contributed by atoms with Crippen molar-refractivity contribution in [1.82, 2.24) is 10.3 Å². The SMILES string of the molecule is C=CCOC(=O)c1sc(NC(=O)NC2CCCCC2)nc1C. The Balaban J connectivity index is 1.90. The van der Waals surface area contributed by atoms with Crippen LogP contribution in [0.1, 0.15) is 47.5 Å². The Kier molecular flexibility index (Phi) is 5.94. The number of carbonyl (C=O) groups is 2. The molecule has 0 atom stereocenters. The number of esters is 1. The van der Waals surface area contributed by atoms with E-state index in [9.17, 15) is 9.59 Å². The highest BCUT2D eigenvalue weighted by molar-refractivity contribution is 7.17. The van der Waals surface area contributed by atoms with Gasteiger partial charge >= 0.3 is 12.0 Å². The first-order chi connectivity index (χ1) is 10.6. The number of thiazole rings is 1. The maximum absolute atomic E-state index is 12.0. The molecule has 0 radical (unpaired) electrons. The maximum atomic E-state index is 12.0. The molecule has 120 valence electrons. The smallest absolute Gasteiger partial charge is 0.350 e. The summed E-state index contributed by atoms with van der Waals surface area (Å²) in [6.45, 7) is 5.36. The van der Waals surface area contributed by atoms with E-state index in [0.29, 0.717) is 15.7 Å². The molecule has 0 unspecified atom stereocenters. The third-order valence-corrected chi connectivity index (χ3v) is 4.53. The number of aryl methyl sites for hydroxylation is 1. The minimum absolute atomic E-state index is 0.154. The first-order valence-corrected chi connectivity index (χ1v) is 8.24. The van der Waals surface area contributed by atoms with Crippen molar-refractivity contribution in [3.8, 4) is 0 Å². The van der Waals surface area contributed by atoms with Crippen molar-refractivity contribution in [3.05, 3.63) is 23.2 Å². The Labute approximate surface area is 134 Å². The Morgan fingerprint density at radius 3 is 2.82 bits per heavy atom. The minimum Gasteiger partial charge on any atom is -0.457 e. The fourth-order valence-corrected chi connectivity index (χ4v) is 3.26. The number of nitrogens with zero attached hydrogens (tertiary/aromatic N) is 1. The molecule has 1 aliphatic rings. The van der Waals surface area contributed by atoms with Crippen molar-refractivity contribution in [2.75, 3.05) is 11.9 Å². The van der Waals surface area contributed by atoms with Gasteiger partial charge < -0.3 is 10.1 Å². The summed E-state index contributed by atoms with van der Waals surface area (Å²) < 4.78 is 4.98. The Morgan fingerprint density at radius 1 is 1.41 bits per heavy atom. The molecule has 2 amide bonds. The molecule has 0 aliphatic heterocycles. The van der Waals surface area contributed by atoms with E-state index in [4.69, 9.17) is 4.74 Å². The predicted octanol–water partition coefficient (Wildman–Crippen LogP) is 3.25. The van der Waals surface area contributed by atoms with Crippen LogP contribution in [0.25, 0.3) is 0 Å². The van der Waals surface area contributed by atoms with E-state index >= 15 is 0 Å². The zero-order valence-corrected chi connectivity index (χ0v) is 13.5. The molecule has 1 aromatic rings. The van der Waals surface area contributed by atoms with Gasteiger partial charge in [0.2, 0.25) is 0 Å². The molecule has 0 aromatic carbocycles. The molecule has 0 saturated heterocycles. The maximum Gasteiger partial charge on any atom is 0.350 e. The highest BCUT2D eigenvalue weighted by Crippen LogP contribution is 2.23. The van der Waals surface area contributed by atoms with Crippen LogP contribution in [0.3, 0.4) is 0 Å². The van der Waals surface area contributed by atoms with Gasteiger partial charge in [0, 0.05) is 6.04 Å². The summed E-state index contributed by atoms with van der Waals surface area (Å²) in [7, 11) is 0. The normalized spacial score (nSPS) is 15.1. The standard InChI is InChI=1S/C15H21N3O3S/c1-3-9-21-13(19)12-10(2)16-15(22-12)18-14(20)17-11-7-5-4-6-8-11/h3,11H,1,4-9H2,2H3,(H2,16,17,18,20). The number of anilines is 1. The van der Waals surface area contributed by atoms with Gasteiger partial charge in [0.15, 0.2) is 5.13 Å². The molecule has 2 N–H and O–H groups in total. The van der Waals surface area contributed by atoms with Crippen LogP contribution in [-0.4, -0.2) is 29.6 Å². The number of carbonyl (C=O) groups excluding carboxylic acids is 2. The summed E-state index contributed by atoms with van der Waals surface area (Å²) in [6, 6.07) is -0.0431. The Hall–Kier alpha value is -1.89. The molecule has 1 aromatic heterocycles. The lowest BCUT2D eigenvalue weighted by Crippen LogP contribution is -2.38. The third kappa shape index (κ3) is 4.56. The quantitative estimate of drug-likeness (QED) is 0.644. The molecule has 1 saturated carbocycles. The number of amides is 2. The lowest BCUT2D eigenvalue weighted by molar-refractivity contribution is 0.0554. The molecule has 1 aliphatic carbocycles. The highest BCUT2D eigenvalue weighted by atomic mass is 32.1. The summed E-state index contributed by atoms with van der Waals surface area (Å²) in [5, 5.41) is 6.04. The van der Waals surface area contributed by atoms with E-state index in [1.165, 1.54) is 12.5 Å². The van der Waals surface area contributed by atoms with Gasteiger partial charge in [-0.15, -0.1) is 0 Å². The van der Waals surface area contributed by atoms with Crippen LogP contribution in [-0.2, 0) is 4.74 Å². The van der Waals surface area contributed by atoms with Gasteiger partial charge in [-0.25, -0.2) is 14.6 Å². The molecule has 0 bridgehead atoms. The summed E-state index contributed by atoms with van der Waals surface area (Å²) in [6.07, 6.45) is 7.08. The van der Waals surface area contributed by atoms with Crippen molar-refractivity contribution in [2.45, 2.75) is 45.1 Å². The second-order valence-corrected chi connectivity index (χ2v) is 6.25. The van der Waals surface area contributed by atoms with E-state index in [1.54, 1.807) is 6.92 Å². The monoisotopic (exact) mass is 323 g/mol. The summed E-state index contributed by atoms with van der Waals surface area (Å²) >= 11 is 1.12. The zero-order chi connectivity index (χ0) is 15.9. The molecular weight excluding hydrogens is 302 g/mol. The Bertz CT molecular complexity index is 550. The van der Waals surface area contributed by atoms with Gasteiger partial charge in [0.1, 0.15) is 11.5 Å². The van der Waals surface area contributed by atoms with Crippen molar-refractivity contribution in [1.29, 1.82) is 0 Å². The van der Waals surface area contributed by atoms with Gasteiger partial charge in [0.05, 0.1) is 5.69 Å². The van der Waals surface area contributed by atoms with E-state index in [0.717, 1.165) is 37.0 Å². The van der Waals surface area contributed by atoms with Crippen LogP contribution in [0.4, 0.5) is 9.93 Å². The van der Waals surface area contributed by atoms with Crippen molar-refractivity contribution < 1.29 is 14.3 Å². The van der Waals surface area contributed by atoms with Crippen LogP contribution in [0.5, 0.6) is 0 Å². The van der Waals surface area contributed by atoms with Crippen LogP contribution in [0.2, 0.25) is 0 Å². The number of hydrogen-bond acceptors (Lipinski definition) is 5. The zero-order valence-electron chi connectivity index (χ0n) is 12.7. The molecule has 7 heteroatoms. The fourth-order valence-electron chi connectivity index (χ4n) is 2.40. The van der Waals surface area contributed by atoms with Crippen molar-refractivity contribution in [3.63, 3.8) is 0 Å². The number of ether oxygens (including phenoxy) is 1. The van der Waals surface area contributed by atoms with Gasteiger partial charge in [-0.3, -0.25) is 5.32 Å². The lowest BCUT2D eigenvalue weighted by Gasteiger charge is -2.22. The van der Waals surface area contributed by atoms with E-state index in [1.807, 2.05) is 0 Å². The van der Waals surface area contributed by atoms with Crippen molar-refractivity contribution in [2.24, 2.45) is 0 Å². The first kappa shape index (κ1) is 16.5. The van der Waals surface area contributed by atoms with Crippen LogP contribution in [0.15, 0.2) is 12.7 Å². The summed E-state index contributed by atoms with van der Waals surface area (Å²) in [5.74, 6) is -0.448. The topological polar surface area (TPSA) is 80.3 Å². The highest BCUT2D eigenvalue weighted by Gasteiger charge is 2.19. The van der Waals surface area contributed by atoms with Gasteiger partial charge in [-0.2, -0.15) is 0 Å². The molecule has 1 heterocycles. The van der Waals surface area contributed by atoms with E-state index in [-0.39, 0.29) is 18.7 Å². The van der Waals surface area contributed by atoms with Crippen molar-refractivity contribution >= 4 is 28.5 Å². The lowest BCUT2D eigenvalue weighted by atomic mass is 9.96. The second kappa shape index (κ2) is 7.93. The Morgan fingerprint density at radius 2 is 2.14 bits per heavy atom. The van der Waals surface area contributed by atoms with E-state index < -0.39 is 5.97 Å². The molecule has 6 nitrogen and oxygen atoms in total. The number of hydrogen-bond donors (Lipinski definition) is 2. The van der Waals surface area contributed by atoms with Crippen LogP contribution >= 0.6 is 11.3 Å². The number of rotatable bonds is 5. The van der Waals surface area contributed by atoms with Gasteiger partial charge in [-0.1, -0.05) is 43.3 Å². The number of urea groups is 1. The third-order valence-electron chi connectivity index (χ3n) is 3.48. The molecule has 0 spiro atoms. The fraction of sp³-hybridized carbons (Fsp3) is 0.533. The molecular formula is C15H21N3O3S. The van der Waals surface area contributed by atoms with Crippen LogP contribution in [0, 0.1) is 6.92 Å². The van der Waals surface area contributed by atoms with E-state index in [2.05, 4.69) is 22.2 Å². The number of aromatic nitrogens is 1. The molecule has 22 heavy (non-hydrogen) atoms. The van der Waals surface area contributed by atoms with Crippen LogP contribution < -0.4 is 10.6 Å².